The average Bonchev–Trinajstić information content (AvgIpc) is 2.79. The molecule has 5 rings (SSSR count). The third kappa shape index (κ3) is 4.25. The van der Waals surface area contributed by atoms with Crippen LogP contribution in [0.4, 0.5) is 4.79 Å². The number of rotatable bonds is 5. The summed E-state index contributed by atoms with van der Waals surface area (Å²) in [5.74, 6) is 0.894. The van der Waals surface area contributed by atoms with Gasteiger partial charge >= 0.3 is 6.09 Å². The summed E-state index contributed by atoms with van der Waals surface area (Å²) >= 11 is 0. The van der Waals surface area contributed by atoms with E-state index in [0.717, 1.165) is 29.8 Å². The normalized spacial score (nSPS) is 19.9. The van der Waals surface area contributed by atoms with Crippen LogP contribution in [0, 0.1) is 6.92 Å². The molecule has 0 unspecified atom stereocenters. The molecule has 2 aromatic rings. The van der Waals surface area contributed by atoms with Crippen LogP contribution >= 0.6 is 0 Å². The summed E-state index contributed by atoms with van der Waals surface area (Å²) in [6, 6.07) is 8.04. The number of fused-ring (bicyclic) bond motifs is 3. The molecule has 3 aliphatic rings. The first kappa shape index (κ1) is 22.0. The number of aromatic nitrogens is 1. The summed E-state index contributed by atoms with van der Waals surface area (Å²) in [6.07, 6.45) is 0.487. The third-order valence-electron chi connectivity index (χ3n) is 6.69. The highest BCUT2D eigenvalue weighted by Crippen LogP contribution is 2.37. The van der Waals surface area contributed by atoms with Crippen LogP contribution in [0.1, 0.15) is 29.5 Å². The lowest BCUT2D eigenvalue weighted by Crippen LogP contribution is -2.48. The number of likely N-dealkylation sites (tertiary alicyclic amines) is 1. The molecule has 1 atom stereocenters. The van der Waals surface area contributed by atoms with Crippen molar-refractivity contribution < 1.29 is 23.7 Å². The van der Waals surface area contributed by atoms with Crippen molar-refractivity contribution in [3.8, 4) is 17.1 Å². The molecular weight excluding hydrogens is 424 g/mol. The Morgan fingerprint density at radius 3 is 2.82 bits per heavy atom. The Balaban J connectivity index is 1.37. The van der Waals surface area contributed by atoms with Gasteiger partial charge in [-0.15, -0.1) is 0 Å². The maximum Gasteiger partial charge on any atom is 0.409 e. The SMILES string of the molecule is CCOC(=O)N1CC(c2ccc3c(c2)CCn2c(OC[C@@H]4COCCO4)cc(=O)c(C)c2-3)C1. The zero-order valence-corrected chi connectivity index (χ0v) is 19.2. The molecule has 2 fully saturated rings. The van der Waals surface area contributed by atoms with E-state index in [4.69, 9.17) is 18.9 Å². The summed E-state index contributed by atoms with van der Waals surface area (Å²) in [5.41, 5.74) is 5.15. The molecule has 33 heavy (non-hydrogen) atoms. The van der Waals surface area contributed by atoms with Crippen molar-refractivity contribution in [2.75, 3.05) is 46.1 Å². The molecule has 0 saturated carbocycles. The number of benzene rings is 1. The number of amides is 1. The Morgan fingerprint density at radius 2 is 2.06 bits per heavy atom. The van der Waals surface area contributed by atoms with Gasteiger partial charge in [0.05, 0.1) is 32.1 Å². The van der Waals surface area contributed by atoms with Crippen LogP contribution in [0.25, 0.3) is 11.3 Å². The molecule has 8 heteroatoms. The highest BCUT2D eigenvalue weighted by Gasteiger charge is 2.33. The van der Waals surface area contributed by atoms with Crippen molar-refractivity contribution >= 4 is 6.09 Å². The predicted molar refractivity (Wildman–Crippen MR) is 122 cm³/mol. The molecule has 0 N–H and O–H groups in total. The Morgan fingerprint density at radius 1 is 1.21 bits per heavy atom. The first-order chi connectivity index (χ1) is 16.0. The molecule has 2 saturated heterocycles. The maximum atomic E-state index is 12.8. The Kier molecular flexibility index (Phi) is 6.12. The highest BCUT2D eigenvalue weighted by atomic mass is 16.6. The molecule has 1 aromatic carbocycles. The van der Waals surface area contributed by atoms with Gasteiger partial charge in [0.2, 0.25) is 0 Å². The molecule has 0 bridgehead atoms. The molecule has 1 aromatic heterocycles. The number of nitrogens with zero attached hydrogens (tertiary/aromatic N) is 2. The number of aryl methyl sites for hydroxylation is 1. The van der Waals surface area contributed by atoms with E-state index in [2.05, 4.69) is 22.8 Å². The monoisotopic (exact) mass is 454 g/mol. The van der Waals surface area contributed by atoms with E-state index in [1.165, 1.54) is 11.1 Å². The van der Waals surface area contributed by atoms with Crippen LogP contribution in [0.5, 0.6) is 5.88 Å². The largest absolute Gasteiger partial charge is 0.476 e. The van der Waals surface area contributed by atoms with E-state index in [1.54, 1.807) is 11.0 Å². The number of hydrogen-bond donors (Lipinski definition) is 0. The van der Waals surface area contributed by atoms with Crippen LogP contribution in [-0.4, -0.2) is 67.8 Å². The van der Waals surface area contributed by atoms with Crippen molar-refractivity contribution in [3.05, 3.63) is 51.2 Å². The molecule has 0 aliphatic carbocycles. The molecule has 4 heterocycles. The molecule has 0 radical (unpaired) electrons. The lowest BCUT2D eigenvalue weighted by atomic mass is 9.86. The summed E-state index contributed by atoms with van der Waals surface area (Å²) in [5, 5.41) is 0. The second kappa shape index (κ2) is 9.19. The summed E-state index contributed by atoms with van der Waals surface area (Å²) in [7, 11) is 0. The zero-order valence-electron chi connectivity index (χ0n) is 19.2. The fourth-order valence-corrected chi connectivity index (χ4v) is 4.82. The van der Waals surface area contributed by atoms with Crippen molar-refractivity contribution in [2.45, 2.75) is 38.8 Å². The topological polar surface area (TPSA) is 79.2 Å². The lowest BCUT2D eigenvalue weighted by Gasteiger charge is -2.39. The lowest BCUT2D eigenvalue weighted by molar-refractivity contribution is -0.102. The van der Waals surface area contributed by atoms with Crippen molar-refractivity contribution in [3.63, 3.8) is 0 Å². The van der Waals surface area contributed by atoms with E-state index in [1.807, 2.05) is 13.8 Å². The minimum absolute atomic E-state index is 0.0296. The van der Waals surface area contributed by atoms with Crippen LogP contribution in [-0.2, 0) is 27.2 Å². The van der Waals surface area contributed by atoms with Gasteiger partial charge < -0.3 is 28.4 Å². The number of pyridine rings is 1. The first-order valence-corrected chi connectivity index (χ1v) is 11.7. The third-order valence-corrected chi connectivity index (χ3v) is 6.69. The Hall–Kier alpha value is -2.84. The quantitative estimate of drug-likeness (QED) is 0.691. The standard InChI is InChI=1S/C25H30N2O6/c1-3-31-25(29)26-12-19(13-26)17-4-5-21-18(10-17)6-7-27-23(11-22(28)16(2)24(21)27)33-15-20-14-30-8-9-32-20/h4-5,10-11,19-20H,3,6-9,12-15H2,1-2H3/t20-/m0/s1. The van der Waals surface area contributed by atoms with Gasteiger partial charge in [-0.3, -0.25) is 4.79 Å². The van der Waals surface area contributed by atoms with Crippen LogP contribution in [0.3, 0.4) is 0 Å². The maximum absolute atomic E-state index is 12.8. The number of carbonyl (C=O) groups excluding carboxylic acids is 1. The molecule has 3 aliphatic heterocycles. The number of hydrogen-bond acceptors (Lipinski definition) is 6. The summed E-state index contributed by atoms with van der Waals surface area (Å²) in [4.78, 5) is 26.4. The average molecular weight is 455 g/mol. The van der Waals surface area contributed by atoms with Gasteiger partial charge in [-0.05, 0) is 31.4 Å². The van der Waals surface area contributed by atoms with Crippen LogP contribution in [0.2, 0.25) is 0 Å². The van der Waals surface area contributed by atoms with Gasteiger partial charge in [-0.2, -0.15) is 0 Å². The number of ether oxygens (including phenoxy) is 4. The predicted octanol–water partition coefficient (Wildman–Crippen LogP) is 2.73. The first-order valence-electron chi connectivity index (χ1n) is 11.7. The summed E-state index contributed by atoms with van der Waals surface area (Å²) < 4.78 is 24.4. The summed E-state index contributed by atoms with van der Waals surface area (Å²) in [6.45, 7) is 8.21. The van der Waals surface area contributed by atoms with Gasteiger partial charge in [0.25, 0.3) is 0 Å². The van der Waals surface area contributed by atoms with Crippen molar-refractivity contribution in [1.29, 1.82) is 0 Å². The Labute approximate surface area is 193 Å². The van der Waals surface area contributed by atoms with Crippen molar-refractivity contribution in [2.24, 2.45) is 0 Å². The number of carbonyl (C=O) groups is 1. The van der Waals surface area contributed by atoms with E-state index in [0.29, 0.717) is 57.9 Å². The highest BCUT2D eigenvalue weighted by molar-refractivity contribution is 5.71. The van der Waals surface area contributed by atoms with Gasteiger partial charge in [0.1, 0.15) is 12.7 Å². The van der Waals surface area contributed by atoms with E-state index in [-0.39, 0.29) is 17.6 Å². The van der Waals surface area contributed by atoms with E-state index in [9.17, 15) is 9.59 Å². The Bertz CT molecular complexity index is 1100. The van der Waals surface area contributed by atoms with Crippen LogP contribution < -0.4 is 10.2 Å². The molecule has 8 nitrogen and oxygen atoms in total. The van der Waals surface area contributed by atoms with Gasteiger partial charge in [-0.25, -0.2) is 4.79 Å². The van der Waals surface area contributed by atoms with E-state index < -0.39 is 0 Å². The second-order valence-corrected chi connectivity index (χ2v) is 8.82. The second-order valence-electron chi connectivity index (χ2n) is 8.82. The van der Waals surface area contributed by atoms with Gasteiger partial charge in [-0.1, -0.05) is 18.2 Å². The zero-order chi connectivity index (χ0) is 22.9. The molecular formula is C25H30N2O6. The van der Waals surface area contributed by atoms with E-state index >= 15 is 0 Å². The fraction of sp³-hybridized carbons (Fsp3) is 0.520. The fourth-order valence-electron chi connectivity index (χ4n) is 4.82. The van der Waals surface area contributed by atoms with Crippen LogP contribution in [0.15, 0.2) is 29.1 Å². The molecule has 1 amide bonds. The van der Waals surface area contributed by atoms with Gasteiger partial charge in [0.15, 0.2) is 11.3 Å². The molecule has 176 valence electrons. The smallest absolute Gasteiger partial charge is 0.409 e. The van der Waals surface area contributed by atoms with Gasteiger partial charge in [0, 0.05) is 42.7 Å². The molecule has 0 spiro atoms. The minimum atomic E-state index is -0.242. The minimum Gasteiger partial charge on any atom is -0.476 e. The van der Waals surface area contributed by atoms with Crippen molar-refractivity contribution in [1.82, 2.24) is 9.47 Å².